The fraction of sp³-hybridized carbons (Fsp3) is 0.714. The molecule has 5 nitrogen and oxygen atoms in total. The van der Waals surface area contributed by atoms with E-state index in [9.17, 15) is 8.42 Å². The fourth-order valence-electron chi connectivity index (χ4n) is 2.70. The lowest BCUT2D eigenvalue weighted by atomic mass is 10.2. The Kier molecular flexibility index (Phi) is 5.79. The van der Waals surface area contributed by atoms with Crippen molar-refractivity contribution in [1.82, 2.24) is 14.5 Å². The zero-order chi connectivity index (χ0) is 15.5. The molecule has 1 aliphatic rings. The number of sulfonamides is 1. The van der Waals surface area contributed by atoms with Gasteiger partial charge in [-0.25, -0.2) is 8.42 Å². The van der Waals surface area contributed by atoms with Crippen LogP contribution in [0.5, 0.6) is 0 Å². The molecule has 21 heavy (non-hydrogen) atoms. The number of nitrogens with zero attached hydrogens (tertiary/aromatic N) is 2. The molecule has 0 saturated carbocycles. The van der Waals surface area contributed by atoms with E-state index in [2.05, 4.69) is 10.2 Å². The molecule has 0 spiro atoms. The van der Waals surface area contributed by atoms with Crippen LogP contribution < -0.4 is 5.32 Å². The minimum atomic E-state index is -3.34. The molecule has 0 radical (unpaired) electrons. The Morgan fingerprint density at radius 1 is 1.48 bits per heavy atom. The van der Waals surface area contributed by atoms with Gasteiger partial charge < -0.3 is 10.2 Å². The average molecular weight is 332 g/mol. The van der Waals surface area contributed by atoms with Crippen molar-refractivity contribution in [3.05, 3.63) is 17.0 Å². The van der Waals surface area contributed by atoms with Crippen LogP contribution in [0.15, 0.2) is 15.7 Å². The predicted octanol–water partition coefficient (Wildman–Crippen LogP) is 1.57. The van der Waals surface area contributed by atoms with E-state index in [-0.39, 0.29) is 6.04 Å². The molecule has 1 aliphatic heterocycles. The van der Waals surface area contributed by atoms with Crippen LogP contribution in [0.25, 0.3) is 0 Å². The molecular formula is C14H25N3O2S2. The van der Waals surface area contributed by atoms with E-state index < -0.39 is 10.0 Å². The summed E-state index contributed by atoms with van der Waals surface area (Å²) >= 11 is 1.33. The summed E-state index contributed by atoms with van der Waals surface area (Å²) in [5.41, 5.74) is 1.05. The maximum atomic E-state index is 12.8. The second kappa shape index (κ2) is 7.19. The van der Waals surface area contributed by atoms with Gasteiger partial charge >= 0.3 is 0 Å². The van der Waals surface area contributed by atoms with Crippen LogP contribution in [-0.4, -0.2) is 57.4 Å². The molecule has 0 aromatic carbocycles. The highest BCUT2D eigenvalue weighted by Gasteiger charge is 2.36. The number of hydrogen-bond donors (Lipinski definition) is 1. The predicted molar refractivity (Wildman–Crippen MR) is 87.2 cm³/mol. The van der Waals surface area contributed by atoms with Crippen LogP contribution in [0.1, 0.15) is 25.3 Å². The molecule has 7 heteroatoms. The standard InChI is InChI=1S/C14H25N3O2S2/c1-4-15-9-12-8-14(20-11-12)21(18,19)17-7-5-6-13(17)10-16(2)3/h8,11,13,15H,4-7,9-10H2,1-3H3. The number of thiophene rings is 1. The van der Waals surface area contributed by atoms with E-state index in [4.69, 9.17) is 0 Å². The first-order valence-electron chi connectivity index (χ1n) is 7.40. The van der Waals surface area contributed by atoms with Crippen molar-refractivity contribution < 1.29 is 8.42 Å². The average Bonchev–Trinajstić information content (AvgIpc) is 3.04. The van der Waals surface area contributed by atoms with Gasteiger partial charge in [0.25, 0.3) is 10.0 Å². The van der Waals surface area contributed by atoms with Crippen molar-refractivity contribution in [3.63, 3.8) is 0 Å². The summed E-state index contributed by atoms with van der Waals surface area (Å²) in [6, 6.07) is 1.91. The molecule has 1 N–H and O–H groups in total. The molecule has 0 amide bonds. The zero-order valence-corrected chi connectivity index (χ0v) is 14.6. The Labute approximate surface area is 132 Å². The number of likely N-dealkylation sites (N-methyl/N-ethyl adjacent to an activating group) is 1. The van der Waals surface area contributed by atoms with Gasteiger partial charge in [-0.2, -0.15) is 4.31 Å². The second-order valence-corrected chi connectivity index (χ2v) is 8.76. The van der Waals surface area contributed by atoms with Crippen molar-refractivity contribution in [3.8, 4) is 0 Å². The molecule has 1 saturated heterocycles. The topological polar surface area (TPSA) is 52.7 Å². The summed E-state index contributed by atoms with van der Waals surface area (Å²) in [5, 5.41) is 5.16. The Balaban J connectivity index is 2.15. The van der Waals surface area contributed by atoms with E-state index in [1.807, 2.05) is 32.5 Å². The first kappa shape index (κ1) is 16.9. The molecule has 1 atom stereocenters. The maximum Gasteiger partial charge on any atom is 0.252 e. The molecule has 2 heterocycles. The Morgan fingerprint density at radius 2 is 2.24 bits per heavy atom. The highest BCUT2D eigenvalue weighted by molar-refractivity contribution is 7.91. The van der Waals surface area contributed by atoms with Gasteiger partial charge in [-0.15, -0.1) is 11.3 Å². The first-order chi connectivity index (χ1) is 9.95. The monoisotopic (exact) mass is 331 g/mol. The summed E-state index contributed by atoms with van der Waals surface area (Å²) in [7, 11) is 0.637. The lowest BCUT2D eigenvalue weighted by Gasteiger charge is -2.25. The van der Waals surface area contributed by atoms with Crippen LogP contribution in [0.3, 0.4) is 0 Å². The van der Waals surface area contributed by atoms with E-state index in [1.165, 1.54) is 11.3 Å². The molecular weight excluding hydrogens is 306 g/mol. The third-order valence-corrected chi connectivity index (χ3v) is 7.09. The SMILES string of the molecule is CCNCc1csc(S(=O)(=O)N2CCCC2CN(C)C)c1. The van der Waals surface area contributed by atoms with Gasteiger partial charge in [0, 0.05) is 25.7 Å². The summed E-state index contributed by atoms with van der Waals surface area (Å²) in [6.45, 7) is 5.08. The number of nitrogens with one attached hydrogen (secondary N) is 1. The molecule has 0 aliphatic carbocycles. The lowest BCUT2D eigenvalue weighted by Crippen LogP contribution is -2.41. The van der Waals surface area contributed by atoms with E-state index in [0.29, 0.717) is 10.8 Å². The maximum absolute atomic E-state index is 12.8. The molecule has 1 aromatic rings. The molecule has 1 fully saturated rings. The summed E-state index contributed by atoms with van der Waals surface area (Å²) < 4.78 is 27.8. The van der Waals surface area contributed by atoms with Crippen molar-refractivity contribution in [2.45, 2.75) is 36.6 Å². The second-order valence-electron chi connectivity index (χ2n) is 5.73. The first-order valence-corrected chi connectivity index (χ1v) is 9.71. The van der Waals surface area contributed by atoms with E-state index in [0.717, 1.165) is 38.0 Å². The van der Waals surface area contributed by atoms with Gasteiger partial charge in [0.05, 0.1) is 0 Å². The minimum Gasteiger partial charge on any atom is -0.313 e. The van der Waals surface area contributed by atoms with Gasteiger partial charge in [0.1, 0.15) is 4.21 Å². The fourth-order valence-corrected chi connectivity index (χ4v) is 5.72. The highest BCUT2D eigenvalue weighted by Crippen LogP contribution is 2.30. The third kappa shape index (κ3) is 4.04. The van der Waals surface area contributed by atoms with Crippen LogP contribution in [0.2, 0.25) is 0 Å². The van der Waals surface area contributed by atoms with Gasteiger partial charge in [0.2, 0.25) is 0 Å². The molecule has 1 unspecified atom stereocenters. The largest absolute Gasteiger partial charge is 0.313 e. The minimum absolute atomic E-state index is 0.101. The van der Waals surface area contributed by atoms with Gasteiger partial charge in [-0.1, -0.05) is 6.92 Å². The van der Waals surface area contributed by atoms with Crippen LogP contribution in [0.4, 0.5) is 0 Å². The Hall–Kier alpha value is -0.470. The van der Waals surface area contributed by atoms with E-state index >= 15 is 0 Å². The van der Waals surface area contributed by atoms with Gasteiger partial charge in [-0.05, 0) is 50.5 Å². The van der Waals surface area contributed by atoms with Crippen LogP contribution >= 0.6 is 11.3 Å². The quantitative estimate of drug-likeness (QED) is 0.824. The smallest absolute Gasteiger partial charge is 0.252 e. The zero-order valence-electron chi connectivity index (χ0n) is 13.0. The van der Waals surface area contributed by atoms with Crippen molar-refractivity contribution in [2.24, 2.45) is 0 Å². The summed E-state index contributed by atoms with van der Waals surface area (Å²) in [5.74, 6) is 0. The van der Waals surface area contributed by atoms with Crippen LogP contribution in [-0.2, 0) is 16.6 Å². The highest BCUT2D eigenvalue weighted by atomic mass is 32.2. The van der Waals surface area contributed by atoms with Crippen molar-refractivity contribution in [1.29, 1.82) is 0 Å². The van der Waals surface area contributed by atoms with Crippen molar-refractivity contribution in [2.75, 3.05) is 33.7 Å². The van der Waals surface area contributed by atoms with Gasteiger partial charge in [-0.3, -0.25) is 0 Å². The summed E-state index contributed by atoms with van der Waals surface area (Å²) in [6.07, 6.45) is 1.90. The van der Waals surface area contributed by atoms with Gasteiger partial charge in [0.15, 0.2) is 0 Å². The third-order valence-electron chi connectivity index (χ3n) is 3.67. The lowest BCUT2D eigenvalue weighted by molar-refractivity contribution is 0.291. The number of hydrogen-bond acceptors (Lipinski definition) is 5. The molecule has 0 bridgehead atoms. The number of rotatable bonds is 7. The van der Waals surface area contributed by atoms with Crippen LogP contribution in [0, 0.1) is 0 Å². The Bertz CT molecular complexity index is 554. The van der Waals surface area contributed by atoms with E-state index in [1.54, 1.807) is 4.31 Å². The molecule has 1 aromatic heterocycles. The molecule has 120 valence electrons. The molecule has 2 rings (SSSR count). The Morgan fingerprint density at radius 3 is 2.90 bits per heavy atom. The normalized spacial score (nSPS) is 20.5. The van der Waals surface area contributed by atoms with Crippen molar-refractivity contribution >= 4 is 21.4 Å². The summed E-state index contributed by atoms with van der Waals surface area (Å²) in [4.78, 5) is 2.06.